The summed E-state index contributed by atoms with van der Waals surface area (Å²) in [6.45, 7) is 1.46. The number of rotatable bonds is 4. The summed E-state index contributed by atoms with van der Waals surface area (Å²) >= 11 is 0. The first-order chi connectivity index (χ1) is 7.34. The van der Waals surface area contributed by atoms with Crippen LogP contribution in [0.5, 0.6) is 0 Å². The Morgan fingerprint density at radius 1 is 1.56 bits per heavy atom. The normalized spacial score (nSPS) is 16.4. The molecule has 0 amide bonds. The van der Waals surface area contributed by atoms with Gasteiger partial charge in [0.05, 0.1) is 6.26 Å². The van der Waals surface area contributed by atoms with E-state index in [-0.39, 0.29) is 24.0 Å². The van der Waals surface area contributed by atoms with E-state index in [2.05, 4.69) is 10.3 Å². The fourth-order valence-corrected chi connectivity index (χ4v) is 1.57. The Bertz CT molecular complexity index is 320. The molecule has 4 nitrogen and oxygen atoms in total. The predicted octanol–water partition coefficient (Wildman–Crippen LogP) is 2.10. The quantitative estimate of drug-likeness (QED) is 0.503. The minimum absolute atomic E-state index is 0. The van der Waals surface area contributed by atoms with Crippen LogP contribution in [0, 0.1) is 5.92 Å². The van der Waals surface area contributed by atoms with E-state index >= 15 is 0 Å². The zero-order valence-electron chi connectivity index (χ0n) is 9.19. The van der Waals surface area contributed by atoms with Gasteiger partial charge in [0.1, 0.15) is 12.3 Å². The Labute approximate surface area is 113 Å². The lowest BCUT2D eigenvalue weighted by atomic mass is 9.85. The van der Waals surface area contributed by atoms with Gasteiger partial charge in [-0.2, -0.15) is 0 Å². The summed E-state index contributed by atoms with van der Waals surface area (Å²) in [5.74, 6) is 2.14. The van der Waals surface area contributed by atoms with Crippen molar-refractivity contribution >= 4 is 29.9 Å². The van der Waals surface area contributed by atoms with Crippen molar-refractivity contribution in [2.75, 3.05) is 6.54 Å². The Balaban J connectivity index is 0.00000128. The smallest absolute Gasteiger partial charge is 0.189 e. The molecule has 1 heterocycles. The zero-order chi connectivity index (χ0) is 10.5. The highest BCUT2D eigenvalue weighted by molar-refractivity contribution is 14.0. The minimum Gasteiger partial charge on any atom is -0.467 e. The van der Waals surface area contributed by atoms with Crippen molar-refractivity contribution in [1.82, 2.24) is 5.32 Å². The van der Waals surface area contributed by atoms with Gasteiger partial charge in [-0.05, 0) is 30.9 Å². The predicted molar refractivity (Wildman–Crippen MR) is 74.8 cm³/mol. The number of furan rings is 1. The van der Waals surface area contributed by atoms with Crippen LogP contribution in [-0.2, 0) is 6.54 Å². The molecular weight excluding hydrogens is 317 g/mol. The molecule has 1 fully saturated rings. The van der Waals surface area contributed by atoms with Gasteiger partial charge in [-0.3, -0.25) is 0 Å². The fraction of sp³-hybridized carbons (Fsp3) is 0.545. The molecule has 0 bridgehead atoms. The van der Waals surface area contributed by atoms with E-state index in [1.54, 1.807) is 6.26 Å². The van der Waals surface area contributed by atoms with E-state index < -0.39 is 0 Å². The lowest BCUT2D eigenvalue weighted by Gasteiger charge is -2.25. The number of nitrogens with two attached hydrogens (primary N) is 1. The third kappa shape index (κ3) is 4.03. The highest BCUT2D eigenvalue weighted by Gasteiger charge is 2.16. The molecule has 2 rings (SSSR count). The van der Waals surface area contributed by atoms with Crippen molar-refractivity contribution < 1.29 is 4.42 Å². The van der Waals surface area contributed by atoms with Gasteiger partial charge in [-0.15, -0.1) is 24.0 Å². The lowest BCUT2D eigenvalue weighted by Crippen LogP contribution is -2.37. The summed E-state index contributed by atoms with van der Waals surface area (Å²) in [5.41, 5.74) is 5.71. The van der Waals surface area contributed by atoms with Crippen LogP contribution in [0.15, 0.2) is 27.8 Å². The standard InChI is InChI=1S/C11H17N3O.HI/c12-11(13-7-9-3-1-4-9)14-8-10-5-2-6-15-10;/h2,5-6,9H,1,3-4,7-8H2,(H3,12,13,14);1H. The molecule has 1 aliphatic rings. The number of hydrogen-bond acceptors (Lipinski definition) is 2. The molecule has 1 aromatic rings. The fourth-order valence-electron chi connectivity index (χ4n) is 1.57. The summed E-state index contributed by atoms with van der Waals surface area (Å²) in [4.78, 5) is 4.19. The maximum atomic E-state index is 5.71. The van der Waals surface area contributed by atoms with E-state index in [1.807, 2.05) is 12.1 Å². The maximum absolute atomic E-state index is 5.71. The molecule has 1 saturated carbocycles. The molecule has 0 aliphatic heterocycles. The van der Waals surface area contributed by atoms with Gasteiger partial charge in [-0.1, -0.05) is 6.42 Å². The summed E-state index contributed by atoms with van der Waals surface area (Å²) in [6, 6.07) is 3.74. The average Bonchev–Trinajstić information content (AvgIpc) is 2.64. The van der Waals surface area contributed by atoms with Gasteiger partial charge in [0.15, 0.2) is 5.96 Å². The molecule has 5 heteroatoms. The first-order valence-electron chi connectivity index (χ1n) is 5.41. The van der Waals surface area contributed by atoms with Gasteiger partial charge < -0.3 is 15.5 Å². The largest absolute Gasteiger partial charge is 0.467 e. The Hall–Kier alpha value is -0.720. The van der Waals surface area contributed by atoms with Gasteiger partial charge in [0.25, 0.3) is 0 Å². The Kier molecular flexibility index (Phi) is 5.65. The number of nitrogens with one attached hydrogen (secondary N) is 1. The molecule has 1 aromatic heterocycles. The van der Waals surface area contributed by atoms with E-state index in [0.717, 1.165) is 18.2 Å². The lowest BCUT2D eigenvalue weighted by molar-refractivity contribution is 0.315. The van der Waals surface area contributed by atoms with Crippen LogP contribution in [0.25, 0.3) is 0 Å². The molecule has 90 valence electrons. The topological polar surface area (TPSA) is 63.5 Å². The monoisotopic (exact) mass is 335 g/mol. The number of halogens is 1. The second-order valence-electron chi connectivity index (χ2n) is 3.96. The van der Waals surface area contributed by atoms with Crippen molar-refractivity contribution in [3.8, 4) is 0 Å². The summed E-state index contributed by atoms with van der Waals surface area (Å²) in [6.07, 6.45) is 5.63. The van der Waals surface area contributed by atoms with Gasteiger partial charge in [-0.25, -0.2) is 4.99 Å². The van der Waals surface area contributed by atoms with Crippen LogP contribution in [0.1, 0.15) is 25.0 Å². The van der Waals surface area contributed by atoms with Crippen molar-refractivity contribution in [3.63, 3.8) is 0 Å². The molecule has 1 aliphatic carbocycles. The molecular formula is C11H18IN3O. The summed E-state index contributed by atoms with van der Waals surface area (Å²) in [7, 11) is 0. The van der Waals surface area contributed by atoms with Crippen LogP contribution in [0.4, 0.5) is 0 Å². The van der Waals surface area contributed by atoms with Crippen molar-refractivity contribution in [2.45, 2.75) is 25.8 Å². The molecule has 0 radical (unpaired) electrons. The van der Waals surface area contributed by atoms with Crippen LogP contribution in [0.3, 0.4) is 0 Å². The minimum atomic E-state index is 0. The number of hydrogen-bond donors (Lipinski definition) is 2. The Morgan fingerprint density at radius 2 is 2.38 bits per heavy atom. The van der Waals surface area contributed by atoms with Crippen molar-refractivity contribution in [2.24, 2.45) is 16.6 Å². The average molecular weight is 335 g/mol. The molecule has 0 aromatic carbocycles. The summed E-state index contributed by atoms with van der Waals surface area (Å²) in [5, 5.41) is 3.13. The first kappa shape index (κ1) is 13.3. The van der Waals surface area contributed by atoms with E-state index in [9.17, 15) is 0 Å². The van der Waals surface area contributed by atoms with Crippen molar-refractivity contribution in [3.05, 3.63) is 24.2 Å². The van der Waals surface area contributed by atoms with Crippen LogP contribution >= 0.6 is 24.0 Å². The van der Waals surface area contributed by atoms with Crippen molar-refractivity contribution in [1.29, 1.82) is 0 Å². The molecule has 0 unspecified atom stereocenters. The van der Waals surface area contributed by atoms with E-state index in [0.29, 0.717) is 12.5 Å². The van der Waals surface area contributed by atoms with Crippen LogP contribution < -0.4 is 11.1 Å². The molecule has 16 heavy (non-hydrogen) atoms. The zero-order valence-corrected chi connectivity index (χ0v) is 11.5. The second kappa shape index (κ2) is 6.78. The van der Waals surface area contributed by atoms with E-state index in [4.69, 9.17) is 10.2 Å². The first-order valence-corrected chi connectivity index (χ1v) is 5.41. The second-order valence-corrected chi connectivity index (χ2v) is 3.96. The molecule has 0 saturated heterocycles. The Morgan fingerprint density at radius 3 is 2.94 bits per heavy atom. The highest BCUT2D eigenvalue weighted by atomic mass is 127. The summed E-state index contributed by atoms with van der Waals surface area (Å²) < 4.78 is 5.15. The van der Waals surface area contributed by atoms with Crippen LogP contribution in [0.2, 0.25) is 0 Å². The third-order valence-electron chi connectivity index (χ3n) is 2.78. The van der Waals surface area contributed by atoms with E-state index in [1.165, 1.54) is 19.3 Å². The molecule has 0 atom stereocenters. The highest BCUT2D eigenvalue weighted by Crippen LogP contribution is 2.24. The number of guanidine groups is 1. The molecule has 0 spiro atoms. The number of nitrogens with zero attached hydrogens (tertiary/aromatic N) is 1. The van der Waals surface area contributed by atoms with Crippen LogP contribution in [-0.4, -0.2) is 12.5 Å². The number of aliphatic imine (C=N–C) groups is 1. The maximum Gasteiger partial charge on any atom is 0.189 e. The van der Waals surface area contributed by atoms with Gasteiger partial charge >= 0.3 is 0 Å². The SMILES string of the molecule is I.NC(=NCc1ccco1)NCC1CCC1. The van der Waals surface area contributed by atoms with Gasteiger partial charge in [0, 0.05) is 6.54 Å². The molecule has 3 N–H and O–H groups in total. The third-order valence-corrected chi connectivity index (χ3v) is 2.78. The van der Waals surface area contributed by atoms with Gasteiger partial charge in [0.2, 0.25) is 0 Å².